The van der Waals surface area contributed by atoms with Gasteiger partial charge in [-0.3, -0.25) is 14.9 Å². The number of ether oxygens (including phenoxy) is 1. The fourth-order valence-electron chi connectivity index (χ4n) is 1.52. The molecule has 0 unspecified atom stereocenters. The fourth-order valence-corrected chi connectivity index (χ4v) is 1.73. The van der Waals surface area contributed by atoms with E-state index in [4.69, 9.17) is 16.9 Å². The number of alkyl halides is 1. The van der Waals surface area contributed by atoms with Crippen LogP contribution in [-0.4, -0.2) is 18.0 Å². The van der Waals surface area contributed by atoms with Gasteiger partial charge in [-0.2, -0.15) is 5.26 Å². The van der Waals surface area contributed by atoms with E-state index in [-0.39, 0.29) is 34.7 Å². The van der Waals surface area contributed by atoms with Crippen molar-refractivity contribution in [1.29, 1.82) is 5.26 Å². The molecule has 0 amide bonds. The highest BCUT2D eigenvalue weighted by molar-refractivity contribution is 6.17. The quantitative estimate of drug-likeness (QED) is 0.360. The summed E-state index contributed by atoms with van der Waals surface area (Å²) < 4.78 is 4.46. The molecule has 6 nitrogen and oxygen atoms in total. The van der Waals surface area contributed by atoms with E-state index in [1.807, 2.05) is 6.07 Å². The van der Waals surface area contributed by atoms with Crippen molar-refractivity contribution in [2.45, 2.75) is 12.3 Å². The topological polar surface area (TPSA) is 93.2 Å². The van der Waals surface area contributed by atoms with Gasteiger partial charge in [0, 0.05) is 11.1 Å². The molecule has 7 heteroatoms. The standard InChI is InChI=1S/C11H9ClN2O4/c1-18-10(15)4-8-2-7(6-13)3-9(5-12)11(8)14(16)17/h2-3H,4-5H2,1H3. The minimum atomic E-state index is -0.617. The highest BCUT2D eigenvalue weighted by Gasteiger charge is 2.22. The minimum Gasteiger partial charge on any atom is -0.469 e. The monoisotopic (exact) mass is 268 g/mol. The highest BCUT2D eigenvalue weighted by atomic mass is 35.5. The lowest BCUT2D eigenvalue weighted by molar-refractivity contribution is -0.386. The molecule has 1 rings (SSSR count). The third-order valence-electron chi connectivity index (χ3n) is 2.29. The number of halogens is 1. The van der Waals surface area contributed by atoms with E-state index >= 15 is 0 Å². The highest BCUT2D eigenvalue weighted by Crippen LogP contribution is 2.27. The SMILES string of the molecule is COC(=O)Cc1cc(C#N)cc(CCl)c1[N+](=O)[O-]. The second kappa shape index (κ2) is 5.98. The first-order valence-electron chi connectivity index (χ1n) is 4.86. The van der Waals surface area contributed by atoms with Crippen molar-refractivity contribution in [2.24, 2.45) is 0 Å². The molecule has 0 N–H and O–H groups in total. The average Bonchev–Trinajstić information content (AvgIpc) is 2.36. The van der Waals surface area contributed by atoms with Crippen molar-refractivity contribution in [3.63, 3.8) is 0 Å². The van der Waals surface area contributed by atoms with E-state index < -0.39 is 10.9 Å². The molecule has 1 aromatic rings. The predicted octanol–water partition coefficient (Wildman–Crippen LogP) is 1.92. The summed E-state index contributed by atoms with van der Waals surface area (Å²) in [5.41, 5.74) is 0.311. The van der Waals surface area contributed by atoms with Crippen LogP contribution >= 0.6 is 11.6 Å². The number of carbonyl (C=O) groups excluding carboxylic acids is 1. The van der Waals surface area contributed by atoms with Gasteiger partial charge >= 0.3 is 5.97 Å². The molecule has 94 valence electrons. The molecule has 0 bridgehead atoms. The van der Waals surface area contributed by atoms with Gasteiger partial charge in [0.1, 0.15) is 0 Å². The van der Waals surface area contributed by atoms with E-state index in [2.05, 4.69) is 4.74 Å². The zero-order valence-electron chi connectivity index (χ0n) is 9.47. The number of nitrogens with zero attached hydrogens (tertiary/aromatic N) is 2. The van der Waals surface area contributed by atoms with Crippen LogP contribution < -0.4 is 0 Å². The molecular weight excluding hydrogens is 260 g/mol. The van der Waals surface area contributed by atoms with Gasteiger partial charge in [-0.05, 0) is 12.1 Å². The van der Waals surface area contributed by atoms with Gasteiger partial charge in [0.2, 0.25) is 0 Å². The van der Waals surface area contributed by atoms with Crippen molar-refractivity contribution >= 4 is 23.3 Å². The zero-order chi connectivity index (χ0) is 13.7. The summed E-state index contributed by atoms with van der Waals surface area (Å²) in [6.45, 7) is 0. The first-order valence-corrected chi connectivity index (χ1v) is 5.40. The van der Waals surface area contributed by atoms with Crippen LogP contribution in [-0.2, 0) is 21.8 Å². The molecule has 0 saturated heterocycles. The Hall–Kier alpha value is -2.13. The Morgan fingerprint density at radius 1 is 1.56 bits per heavy atom. The zero-order valence-corrected chi connectivity index (χ0v) is 10.2. The maximum absolute atomic E-state index is 11.2. The van der Waals surface area contributed by atoms with Gasteiger partial charge in [-0.1, -0.05) is 0 Å². The Labute approximate surface area is 108 Å². The van der Waals surface area contributed by atoms with Gasteiger partial charge in [-0.25, -0.2) is 0 Å². The second-order valence-electron chi connectivity index (χ2n) is 3.40. The fraction of sp³-hybridized carbons (Fsp3) is 0.273. The first-order chi connectivity index (χ1) is 8.53. The van der Waals surface area contributed by atoms with Gasteiger partial charge < -0.3 is 4.74 Å². The number of esters is 1. The summed E-state index contributed by atoms with van der Waals surface area (Å²) in [5.74, 6) is -0.728. The number of hydrogen-bond donors (Lipinski definition) is 0. The molecule has 0 atom stereocenters. The molecule has 0 fully saturated rings. The van der Waals surface area contributed by atoms with Crippen LogP contribution in [0.2, 0.25) is 0 Å². The van der Waals surface area contributed by atoms with Gasteiger partial charge in [0.05, 0.1) is 36.0 Å². The van der Waals surface area contributed by atoms with Crippen LogP contribution in [0, 0.1) is 21.4 Å². The number of nitriles is 1. The third kappa shape index (κ3) is 2.96. The number of carbonyl (C=O) groups is 1. The molecule has 18 heavy (non-hydrogen) atoms. The Kier molecular flexibility index (Phi) is 4.63. The van der Waals surface area contributed by atoms with Gasteiger partial charge in [-0.15, -0.1) is 11.6 Å². The van der Waals surface area contributed by atoms with Crippen molar-refractivity contribution < 1.29 is 14.5 Å². The van der Waals surface area contributed by atoms with E-state index in [9.17, 15) is 14.9 Å². The van der Waals surface area contributed by atoms with Crippen molar-refractivity contribution in [3.05, 3.63) is 38.9 Å². The Balaban J connectivity index is 3.40. The molecule has 0 spiro atoms. The van der Waals surface area contributed by atoms with Crippen LogP contribution in [0.5, 0.6) is 0 Å². The summed E-state index contributed by atoms with van der Waals surface area (Å²) >= 11 is 5.62. The largest absolute Gasteiger partial charge is 0.469 e. The number of nitro groups is 1. The van der Waals surface area contributed by atoms with Gasteiger partial charge in [0.25, 0.3) is 5.69 Å². The molecule has 0 aliphatic carbocycles. The Morgan fingerprint density at radius 2 is 2.17 bits per heavy atom. The van der Waals surface area contributed by atoms with Crippen LogP contribution in [0.4, 0.5) is 5.69 Å². The minimum absolute atomic E-state index is 0.111. The number of rotatable bonds is 4. The lowest BCUT2D eigenvalue weighted by Crippen LogP contribution is -2.08. The molecule has 0 aliphatic heterocycles. The molecular formula is C11H9ClN2O4. The number of methoxy groups -OCH3 is 1. The van der Waals surface area contributed by atoms with Crippen LogP contribution in [0.3, 0.4) is 0 Å². The number of benzene rings is 1. The summed E-state index contributed by atoms with van der Waals surface area (Å²) in [6, 6.07) is 4.50. The van der Waals surface area contributed by atoms with Crippen molar-refractivity contribution in [3.8, 4) is 6.07 Å². The summed E-state index contributed by atoms with van der Waals surface area (Å²) in [6.07, 6.45) is -0.272. The van der Waals surface area contributed by atoms with Crippen molar-refractivity contribution in [1.82, 2.24) is 0 Å². The maximum atomic E-state index is 11.2. The normalized spacial score (nSPS) is 9.61. The molecule has 0 aliphatic rings. The van der Waals surface area contributed by atoms with E-state index in [1.165, 1.54) is 19.2 Å². The first kappa shape index (κ1) is 13.9. The summed E-state index contributed by atoms with van der Waals surface area (Å²) in [5, 5.41) is 19.8. The Morgan fingerprint density at radius 3 is 2.61 bits per heavy atom. The van der Waals surface area contributed by atoms with E-state index in [1.54, 1.807) is 0 Å². The summed E-state index contributed by atoms with van der Waals surface area (Å²) in [4.78, 5) is 21.6. The molecule has 1 aromatic carbocycles. The van der Waals surface area contributed by atoms with Crippen LogP contribution in [0.25, 0.3) is 0 Å². The predicted molar refractivity (Wildman–Crippen MR) is 63.1 cm³/mol. The van der Waals surface area contributed by atoms with E-state index in [0.717, 1.165) is 0 Å². The Bertz CT molecular complexity index is 537. The van der Waals surface area contributed by atoms with Crippen LogP contribution in [0.1, 0.15) is 16.7 Å². The van der Waals surface area contributed by atoms with Gasteiger partial charge in [0.15, 0.2) is 0 Å². The van der Waals surface area contributed by atoms with E-state index in [0.29, 0.717) is 0 Å². The molecule has 0 heterocycles. The number of hydrogen-bond acceptors (Lipinski definition) is 5. The van der Waals surface area contributed by atoms with Crippen molar-refractivity contribution in [2.75, 3.05) is 7.11 Å². The lowest BCUT2D eigenvalue weighted by Gasteiger charge is -2.06. The molecule has 0 saturated carbocycles. The van der Waals surface area contributed by atoms with Crippen LogP contribution in [0.15, 0.2) is 12.1 Å². The third-order valence-corrected chi connectivity index (χ3v) is 2.57. The summed E-state index contributed by atoms with van der Waals surface area (Å²) in [7, 11) is 1.19. The molecule has 0 aromatic heterocycles. The number of nitro benzene ring substituents is 1. The average molecular weight is 269 g/mol. The molecule has 0 radical (unpaired) electrons. The smallest absolute Gasteiger partial charge is 0.310 e. The second-order valence-corrected chi connectivity index (χ2v) is 3.67. The lowest BCUT2D eigenvalue weighted by atomic mass is 10.0. The maximum Gasteiger partial charge on any atom is 0.310 e.